The molecule has 8 heteroatoms. The standard InChI is InChI=1S/C20H25ClO7/c1-9(4-5-22)18(24)27-13-7-20(26,8-21)16-12(23)6-10(2)14(16)17-15(13)11(3)19(25)28-17/h4,6,12-17,22-23,26H,3,5,7-8H2,1-2H3/b9-4+/t12-,13-,14?,15-,16?,17-,20+/m1/s1. The van der Waals surface area contributed by atoms with E-state index in [1.165, 1.54) is 13.0 Å². The molecule has 0 aromatic carbocycles. The van der Waals surface area contributed by atoms with E-state index < -0.39 is 53.6 Å². The van der Waals surface area contributed by atoms with Crippen LogP contribution in [0.1, 0.15) is 20.3 Å². The van der Waals surface area contributed by atoms with Gasteiger partial charge in [0, 0.05) is 29.4 Å². The predicted molar refractivity (Wildman–Crippen MR) is 100 cm³/mol. The summed E-state index contributed by atoms with van der Waals surface area (Å²) in [6.45, 7) is 6.79. The minimum Gasteiger partial charge on any atom is -0.458 e. The number of aliphatic hydroxyl groups is 3. The molecule has 0 aromatic rings. The Balaban J connectivity index is 2.04. The van der Waals surface area contributed by atoms with Crippen LogP contribution in [0.3, 0.4) is 0 Å². The fourth-order valence-corrected chi connectivity index (χ4v) is 5.04. The first-order valence-corrected chi connectivity index (χ1v) is 9.71. The molecule has 1 saturated heterocycles. The number of esters is 2. The summed E-state index contributed by atoms with van der Waals surface area (Å²) < 4.78 is 11.2. The average molecular weight is 413 g/mol. The third-order valence-corrected chi connectivity index (χ3v) is 6.58. The molecule has 2 aliphatic carbocycles. The summed E-state index contributed by atoms with van der Waals surface area (Å²) >= 11 is 6.11. The van der Waals surface area contributed by atoms with Gasteiger partial charge in [-0.2, -0.15) is 0 Å². The summed E-state index contributed by atoms with van der Waals surface area (Å²) in [6.07, 6.45) is 0.251. The maximum absolute atomic E-state index is 12.4. The third-order valence-electron chi connectivity index (χ3n) is 6.11. The number of rotatable bonds is 4. The Morgan fingerprint density at radius 1 is 1.50 bits per heavy atom. The van der Waals surface area contributed by atoms with Gasteiger partial charge in [-0.15, -0.1) is 11.6 Å². The Hall–Kier alpha value is -1.67. The van der Waals surface area contributed by atoms with Gasteiger partial charge >= 0.3 is 11.9 Å². The highest BCUT2D eigenvalue weighted by Gasteiger charge is 2.62. The van der Waals surface area contributed by atoms with Crippen LogP contribution in [0.25, 0.3) is 0 Å². The number of hydrogen-bond acceptors (Lipinski definition) is 7. The van der Waals surface area contributed by atoms with Crippen molar-refractivity contribution in [2.24, 2.45) is 17.8 Å². The largest absolute Gasteiger partial charge is 0.458 e. The van der Waals surface area contributed by atoms with E-state index in [9.17, 15) is 19.8 Å². The van der Waals surface area contributed by atoms with Crippen LogP contribution in [0.5, 0.6) is 0 Å². The number of fused-ring (bicyclic) bond motifs is 3. The molecular formula is C20H25ClO7. The van der Waals surface area contributed by atoms with Gasteiger partial charge in [-0.1, -0.05) is 18.2 Å². The molecule has 0 radical (unpaired) electrons. The highest BCUT2D eigenvalue weighted by atomic mass is 35.5. The van der Waals surface area contributed by atoms with E-state index in [4.69, 9.17) is 26.2 Å². The monoisotopic (exact) mass is 412 g/mol. The molecule has 0 spiro atoms. The zero-order valence-electron chi connectivity index (χ0n) is 15.8. The summed E-state index contributed by atoms with van der Waals surface area (Å²) in [5, 5.41) is 30.9. The molecule has 0 bridgehead atoms. The molecule has 3 N–H and O–H groups in total. The molecule has 1 aliphatic heterocycles. The van der Waals surface area contributed by atoms with Gasteiger partial charge in [-0.3, -0.25) is 0 Å². The summed E-state index contributed by atoms with van der Waals surface area (Å²) in [4.78, 5) is 24.7. The van der Waals surface area contributed by atoms with E-state index in [1.807, 2.05) is 0 Å². The van der Waals surface area contributed by atoms with E-state index in [1.54, 1.807) is 13.0 Å². The molecule has 0 aromatic heterocycles. The molecule has 1 heterocycles. The van der Waals surface area contributed by atoms with Gasteiger partial charge in [0.2, 0.25) is 0 Å². The van der Waals surface area contributed by atoms with Crippen molar-refractivity contribution in [2.75, 3.05) is 12.5 Å². The SMILES string of the molecule is C=C1C(=O)O[C@@H]2C3C(C)=C[C@@H](O)C3[C@@](O)(CCl)C[C@@H](OC(=O)/C(C)=C/CO)[C@@H]12. The van der Waals surface area contributed by atoms with Crippen molar-refractivity contribution in [1.82, 2.24) is 0 Å². The highest BCUT2D eigenvalue weighted by molar-refractivity contribution is 6.18. The van der Waals surface area contributed by atoms with Crippen LogP contribution in [0.15, 0.2) is 35.5 Å². The Morgan fingerprint density at radius 2 is 2.18 bits per heavy atom. The molecule has 1 saturated carbocycles. The molecule has 7 atom stereocenters. The van der Waals surface area contributed by atoms with Crippen LogP contribution < -0.4 is 0 Å². The van der Waals surface area contributed by atoms with Crippen molar-refractivity contribution in [3.8, 4) is 0 Å². The van der Waals surface area contributed by atoms with Gasteiger partial charge in [0.05, 0.1) is 30.1 Å². The summed E-state index contributed by atoms with van der Waals surface area (Å²) in [6, 6.07) is 0. The maximum atomic E-state index is 12.4. The quantitative estimate of drug-likeness (QED) is 0.271. The summed E-state index contributed by atoms with van der Waals surface area (Å²) in [7, 11) is 0. The molecule has 2 fully saturated rings. The third kappa shape index (κ3) is 3.30. The van der Waals surface area contributed by atoms with Crippen LogP contribution in [0.4, 0.5) is 0 Å². The predicted octanol–water partition coefficient (Wildman–Crippen LogP) is 0.861. The second-order valence-electron chi connectivity index (χ2n) is 7.83. The minimum absolute atomic E-state index is 0.0786. The average Bonchev–Trinajstić information content (AvgIpc) is 3.05. The first-order valence-electron chi connectivity index (χ1n) is 9.17. The Labute approximate surface area is 168 Å². The number of aliphatic hydroxyl groups excluding tert-OH is 2. The number of alkyl halides is 1. The van der Waals surface area contributed by atoms with Crippen molar-refractivity contribution in [3.05, 3.63) is 35.5 Å². The van der Waals surface area contributed by atoms with Crippen molar-refractivity contribution >= 4 is 23.5 Å². The maximum Gasteiger partial charge on any atom is 0.334 e. The van der Waals surface area contributed by atoms with Gasteiger partial charge in [0.15, 0.2) is 0 Å². The Morgan fingerprint density at radius 3 is 2.79 bits per heavy atom. The zero-order chi connectivity index (χ0) is 20.8. The first-order chi connectivity index (χ1) is 13.1. The summed E-state index contributed by atoms with van der Waals surface area (Å²) in [5.41, 5.74) is -0.402. The molecule has 154 valence electrons. The number of ether oxygens (including phenoxy) is 2. The van der Waals surface area contributed by atoms with E-state index in [0.717, 1.165) is 5.57 Å². The van der Waals surface area contributed by atoms with Gasteiger partial charge in [0.25, 0.3) is 0 Å². The topological polar surface area (TPSA) is 113 Å². The van der Waals surface area contributed by atoms with Crippen LogP contribution in [0, 0.1) is 17.8 Å². The van der Waals surface area contributed by atoms with Gasteiger partial charge < -0.3 is 24.8 Å². The van der Waals surface area contributed by atoms with E-state index in [-0.39, 0.29) is 30.1 Å². The van der Waals surface area contributed by atoms with Crippen molar-refractivity contribution in [3.63, 3.8) is 0 Å². The van der Waals surface area contributed by atoms with E-state index in [0.29, 0.717) is 0 Å². The molecule has 3 aliphatic rings. The lowest BCUT2D eigenvalue weighted by atomic mass is 9.75. The molecular weight excluding hydrogens is 388 g/mol. The Kier molecular flexibility index (Phi) is 5.74. The number of carbonyl (C=O) groups is 2. The van der Waals surface area contributed by atoms with E-state index >= 15 is 0 Å². The minimum atomic E-state index is -1.55. The molecule has 28 heavy (non-hydrogen) atoms. The Bertz CT molecular complexity index is 758. The second kappa shape index (κ2) is 7.63. The van der Waals surface area contributed by atoms with Crippen molar-refractivity contribution in [2.45, 2.75) is 44.2 Å². The zero-order valence-corrected chi connectivity index (χ0v) is 16.6. The molecule has 0 amide bonds. The van der Waals surface area contributed by atoms with Crippen molar-refractivity contribution < 1.29 is 34.4 Å². The molecule has 7 nitrogen and oxygen atoms in total. The fourth-order valence-electron chi connectivity index (χ4n) is 4.76. The van der Waals surface area contributed by atoms with Crippen LogP contribution >= 0.6 is 11.6 Å². The van der Waals surface area contributed by atoms with Crippen LogP contribution in [-0.4, -0.2) is 63.7 Å². The number of halogens is 1. The number of carbonyl (C=O) groups excluding carboxylic acids is 2. The lowest BCUT2D eigenvalue weighted by molar-refractivity contribution is -0.150. The molecule has 3 rings (SSSR count). The molecule has 2 unspecified atom stereocenters. The first kappa shape index (κ1) is 21.0. The van der Waals surface area contributed by atoms with Gasteiger partial charge in [-0.05, 0) is 19.9 Å². The van der Waals surface area contributed by atoms with Crippen LogP contribution in [-0.2, 0) is 19.1 Å². The second-order valence-corrected chi connectivity index (χ2v) is 8.10. The normalized spacial score (nSPS) is 40.4. The number of hydrogen-bond donors (Lipinski definition) is 3. The lowest BCUT2D eigenvalue weighted by Gasteiger charge is -2.38. The van der Waals surface area contributed by atoms with E-state index in [2.05, 4.69) is 6.58 Å². The highest BCUT2D eigenvalue weighted by Crippen LogP contribution is 2.53. The fraction of sp³-hybridized carbons (Fsp3) is 0.600. The summed E-state index contributed by atoms with van der Waals surface area (Å²) in [5.74, 6) is -3.29. The smallest absolute Gasteiger partial charge is 0.334 e. The van der Waals surface area contributed by atoms with Crippen LogP contribution in [0.2, 0.25) is 0 Å². The van der Waals surface area contributed by atoms with Gasteiger partial charge in [0.1, 0.15) is 12.2 Å². The lowest BCUT2D eigenvalue weighted by Crippen LogP contribution is -2.49. The van der Waals surface area contributed by atoms with Crippen molar-refractivity contribution in [1.29, 1.82) is 0 Å². The van der Waals surface area contributed by atoms with Gasteiger partial charge in [-0.25, -0.2) is 9.59 Å².